The van der Waals surface area contributed by atoms with Crippen LogP contribution in [0.25, 0.3) is 10.9 Å². The van der Waals surface area contributed by atoms with Crippen LogP contribution >= 0.6 is 0 Å². The topological polar surface area (TPSA) is 75.2 Å². The van der Waals surface area contributed by atoms with Crippen molar-refractivity contribution in [2.45, 2.75) is 45.5 Å². The molecule has 0 bridgehead atoms. The van der Waals surface area contributed by atoms with Crippen LogP contribution in [-0.2, 0) is 17.2 Å². The molecule has 25 heavy (non-hydrogen) atoms. The number of aromatic amines is 1. The van der Waals surface area contributed by atoms with Gasteiger partial charge in [0.25, 0.3) is 5.56 Å². The number of alkyl halides is 3. The first-order valence-electron chi connectivity index (χ1n) is 7.40. The maximum atomic E-state index is 13.5. The molecular weight excluding hydrogens is 355 g/mol. The average molecular weight is 373 g/mol. The molecule has 0 fully saturated rings. The second-order valence-electron chi connectivity index (χ2n) is 6.60. The van der Waals surface area contributed by atoms with Crippen LogP contribution in [0.1, 0.15) is 43.3 Å². The summed E-state index contributed by atoms with van der Waals surface area (Å²) in [6, 6.07) is 0.825. The molecule has 5 nitrogen and oxygen atoms in total. The number of halogens is 3. The highest BCUT2D eigenvalue weighted by molar-refractivity contribution is 7.85. The van der Waals surface area contributed by atoms with E-state index in [1.807, 2.05) is 0 Å². The van der Waals surface area contributed by atoms with E-state index in [4.69, 9.17) is 0 Å². The van der Waals surface area contributed by atoms with E-state index in [9.17, 15) is 22.2 Å². The van der Waals surface area contributed by atoms with Gasteiger partial charge >= 0.3 is 6.18 Å². The fraction of sp³-hybridized carbons (Fsp3) is 0.438. The number of H-pyrrole nitrogens is 1. The van der Waals surface area contributed by atoms with E-state index in [-0.39, 0.29) is 27.9 Å². The number of nitrogens with one attached hydrogen (secondary N) is 1. The third-order valence-electron chi connectivity index (χ3n) is 3.52. The molecular formula is C16H18F3N3O2S. The van der Waals surface area contributed by atoms with E-state index in [1.165, 1.54) is 13.8 Å². The Morgan fingerprint density at radius 3 is 2.36 bits per heavy atom. The smallest absolute Gasteiger partial charge is 0.310 e. The summed E-state index contributed by atoms with van der Waals surface area (Å²) in [6.45, 7) is 7.87. The van der Waals surface area contributed by atoms with Crippen LogP contribution in [0.5, 0.6) is 0 Å². The summed E-state index contributed by atoms with van der Waals surface area (Å²) in [5.41, 5.74) is -1.73. The third kappa shape index (κ3) is 3.97. The summed E-state index contributed by atoms with van der Waals surface area (Å²) in [4.78, 5) is 18.6. The fourth-order valence-electron chi connectivity index (χ4n) is 2.29. The number of aryl methyl sites for hydroxylation is 2. The van der Waals surface area contributed by atoms with E-state index in [1.54, 1.807) is 20.8 Å². The molecule has 136 valence electrons. The Kier molecular flexibility index (Phi) is 4.91. The van der Waals surface area contributed by atoms with Crippen LogP contribution in [0.2, 0.25) is 0 Å². The third-order valence-corrected chi connectivity index (χ3v) is 4.87. The summed E-state index contributed by atoms with van der Waals surface area (Å²) in [6.07, 6.45) is -3.74. The maximum absolute atomic E-state index is 13.5. The van der Waals surface area contributed by atoms with Crippen molar-refractivity contribution in [3.05, 3.63) is 38.9 Å². The molecule has 1 unspecified atom stereocenters. The van der Waals surface area contributed by atoms with Crippen molar-refractivity contribution in [3.8, 4) is 0 Å². The predicted octanol–water partition coefficient (Wildman–Crippen LogP) is 3.44. The first kappa shape index (κ1) is 19.3. The van der Waals surface area contributed by atoms with E-state index in [2.05, 4.69) is 14.4 Å². The molecule has 2 rings (SSSR count). The number of rotatable bonds is 2. The Morgan fingerprint density at radius 2 is 1.84 bits per heavy atom. The Balaban J connectivity index is 2.81. The lowest BCUT2D eigenvalue weighted by molar-refractivity contribution is -0.137. The highest BCUT2D eigenvalue weighted by Crippen LogP contribution is 2.35. The number of nitrogens with zero attached hydrogens (tertiary/aromatic N) is 2. The highest BCUT2D eigenvalue weighted by Gasteiger charge is 2.35. The Bertz CT molecular complexity index is 941. The van der Waals surface area contributed by atoms with E-state index >= 15 is 0 Å². The minimum Gasteiger partial charge on any atom is -0.310 e. The predicted molar refractivity (Wildman–Crippen MR) is 92.3 cm³/mol. The van der Waals surface area contributed by atoms with Crippen LogP contribution in [-0.4, -0.2) is 25.1 Å². The second-order valence-corrected chi connectivity index (χ2v) is 8.54. The largest absolute Gasteiger partial charge is 0.417 e. The average Bonchev–Trinajstić information content (AvgIpc) is 2.42. The molecule has 2 aromatic rings. The van der Waals surface area contributed by atoms with Crippen LogP contribution in [0, 0.1) is 13.8 Å². The zero-order chi connectivity index (χ0) is 19.2. The standard InChI is InChI=1S/C16H18F3N3O2S/c1-8-10(7-20-25(24)15(3,4)5)11(16(17,18)19)6-12-13(8)14(23)22-9(2)21-12/h6-7H,1-5H3,(H,21,22,23)/b20-7+. The van der Waals surface area contributed by atoms with Gasteiger partial charge in [-0.2, -0.15) is 17.6 Å². The van der Waals surface area contributed by atoms with E-state index in [0.29, 0.717) is 0 Å². The lowest BCUT2D eigenvalue weighted by atomic mass is 9.98. The second kappa shape index (κ2) is 6.36. The van der Waals surface area contributed by atoms with Gasteiger partial charge in [0, 0.05) is 11.8 Å². The maximum Gasteiger partial charge on any atom is 0.417 e. The molecule has 9 heteroatoms. The molecule has 1 N–H and O–H groups in total. The van der Waals surface area contributed by atoms with Gasteiger partial charge in [-0.05, 0) is 46.2 Å². The summed E-state index contributed by atoms with van der Waals surface area (Å²) >= 11 is 0. The van der Waals surface area contributed by atoms with Crippen molar-refractivity contribution in [2.24, 2.45) is 4.40 Å². The summed E-state index contributed by atoms with van der Waals surface area (Å²) in [7, 11) is -1.72. The van der Waals surface area contributed by atoms with E-state index < -0.39 is 33.0 Å². The van der Waals surface area contributed by atoms with Gasteiger partial charge < -0.3 is 4.98 Å². The number of hydrogen-bond acceptors (Lipinski definition) is 3. The normalized spacial score (nSPS) is 14.4. The summed E-state index contributed by atoms with van der Waals surface area (Å²) < 4.78 is 55.5. The van der Waals surface area contributed by atoms with Crippen molar-refractivity contribution in [2.75, 3.05) is 0 Å². The van der Waals surface area contributed by atoms with Gasteiger partial charge in [0.1, 0.15) is 16.8 Å². The van der Waals surface area contributed by atoms with Gasteiger partial charge in [-0.25, -0.2) is 9.19 Å². The van der Waals surface area contributed by atoms with Crippen LogP contribution in [0.3, 0.4) is 0 Å². The zero-order valence-corrected chi connectivity index (χ0v) is 15.2. The minimum atomic E-state index is -4.66. The minimum absolute atomic E-state index is 0.0415. The number of hydrogen-bond donors (Lipinski definition) is 1. The molecule has 0 spiro atoms. The first-order valence-corrected chi connectivity index (χ1v) is 8.50. The van der Waals surface area contributed by atoms with Crippen molar-refractivity contribution in [1.82, 2.24) is 9.97 Å². The van der Waals surface area contributed by atoms with Crippen LogP contribution in [0.4, 0.5) is 13.2 Å². The highest BCUT2D eigenvalue weighted by atomic mass is 32.2. The molecule has 1 atom stereocenters. The van der Waals surface area contributed by atoms with Gasteiger partial charge in [-0.3, -0.25) is 4.79 Å². The van der Waals surface area contributed by atoms with Gasteiger partial charge in [0.05, 0.1) is 21.2 Å². The number of aromatic nitrogens is 2. The van der Waals surface area contributed by atoms with Crippen molar-refractivity contribution < 1.29 is 17.4 Å². The van der Waals surface area contributed by atoms with Crippen molar-refractivity contribution in [1.29, 1.82) is 0 Å². The molecule has 0 aliphatic heterocycles. The molecule has 0 saturated heterocycles. The SMILES string of the molecule is Cc1nc2cc(C(F)(F)F)c(/C=N/S(=O)C(C)(C)C)c(C)c2c(=O)[nH]1. The number of benzene rings is 1. The van der Waals surface area contributed by atoms with Gasteiger partial charge in [-0.15, -0.1) is 0 Å². The van der Waals surface area contributed by atoms with Crippen molar-refractivity contribution >= 4 is 28.1 Å². The molecule has 0 aliphatic carbocycles. The van der Waals surface area contributed by atoms with Crippen LogP contribution in [0.15, 0.2) is 15.3 Å². The van der Waals surface area contributed by atoms with E-state index in [0.717, 1.165) is 12.3 Å². The molecule has 1 aromatic heterocycles. The molecule has 1 heterocycles. The molecule has 0 aliphatic rings. The van der Waals surface area contributed by atoms with Crippen molar-refractivity contribution in [3.63, 3.8) is 0 Å². The fourth-order valence-corrected chi connectivity index (χ4v) is 2.80. The van der Waals surface area contributed by atoms with Crippen LogP contribution < -0.4 is 5.56 Å². The summed E-state index contributed by atoms with van der Waals surface area (Å²) in [5.74, 6) is 0.222. The monoisotopic (exact) mass is 373 g/mol. The molecule has 1 aromatic carbocycles. The Morgan fingerprint density at radius 1 is 1.24 bits per heavy atom. The Hall–Kier alpha value is -2.03. The van der Waals surface area contributed by atoms with Gasteiger partial charge in [0.15, 0.2) is 0 Å². The molecule has 0 radical (unpaired) electrons. The lowest BCUT2D eigenvalue weighted by Gasteiger charge is -2.16. The number of fused-ring (bicyclic) bond motifs is 1. The summed E-state index contributed by atoms with van der Waals surface area (Å²) in [5, 5.41) is 0.0570. The van der Waals surface area contributed by atoms with Gasteiger partial charge in [0.2, 0.25) is 0 Å². The zero-order valence-electron chi connectivity index (χ0n) is 14.4. The molecule has 0 saturated carbocycles. The molecule has 0 amide bonds. The Labute approximate surface area is 145 Å². The lowest BCUT2D eigenvalue weighted by Crippen LogP contribution is -2.20. The first-order chi connectivity index (χ1) is 11.3. The van der Waals surface area contributed by atoms with Gasteiger partial charge in [-0.1, -0.05) is 0 Å². The quantitative estimate of drug-likeness (QED) is 0.820.